The first-order chi connectivity index (χ1) is 17.5. The van der Waals surface area contributed by atoms with Crippen molar-refractivity contribution < 1.29 is 33.3 Å². The summed E-state index contributed by atoms with van der Waals surface area (Å²) in [5.74, 6) is -1.03. The van der Waals surface area contributed by atoms with E-state index in [0.717, 1.165) is 0 Å². The van der Waals surface area contributed by atoms with Gasteiger partial charge in [-0.1, -0.05) is 11.6 Å². The third kappa shape index (κ3) is 10.4. The van der Waals surface area contributed by atoms with Crippen LogP contribution >= 0.6 is 11.6 Å². The first-order valence-electron chi connectivity index (χ1n) is 12.3. The van der Waals surface area contributed by atoms with Gasteiger partial charge in [-0.3, -0.25) is 14.9 Å². The predicted molar refractivity (Wildman–Crippen MR) is 145 cm³/mol. The number of carbonyl (C=O) groups is 3. The number of esters is 2. The fourth-order valence-electron chi connectivity index (χ4n) is 3.05. The van der Waals surface area contributed by atoms with Crippen LogP contribution in [0.2, 0.25) is 5.02 Å². The zero-order valence-electron chi connectivity index (χ0n) is 23.3. The zero-order valence-corrected chi connectivity index (χ0v) is 24.1. The summed E-state index contributed by atoms with van der Waals surface area (Å²) in [6.07, 6.45) is 0. The molecule has 0 aliphatic heterocycles. The van der Waals surface area contributed by atoms with Crippen molar-refractivity contribution in [3.8, 4) is 5.75 Å². The first-order valence-corrected chi connectivity index (χ1v) is 12.7. The van der Waals surface area contributed by atoms with Crippen LogP contribution in [0.15, 0.2) is 48.5 Å². The third-order valence-corrected chi connectivity index (χ3v) is 5.25. The molecule has 38 heavy (non-hydrogen) atoms. The number of benzene rings is 2. The van der Waals surface area contributed by atoms with E-state index in [1.807, 2.05) is 20.8 Å². The van der Waals surface area contributed by atoms with Crippen molar-refractivity contribution >= 4 is 29.3 Å². The average Bonchev–Trinajstić information content (AvgIpc) is 2.79. The lowest BCUT2D eigenvalue weighted by molar-refractivity contribution is -0.167. The highest BCUT2D eigenvalue weighted by molar-refractivity contribution is 6.30. The second-order valence-corrected chi connectivity index (χ2v) is 11.7. The summed E-state index contributed by atoms with van der Waals surface area (Å²) in [7, 11) is 0. The Labute approximate surface area is 229 Å². The van der Waals surface area contributed by atoms with Crippen molar-refractivity contribution in [2.75, 3.05) is 13.3 Å². The highest BCUT2D eigenvalue weighted by Gasteiger charge is 2.34. The van der Waals surface area contributed by atoms with Crippen LogP contribution in [0.4, 0.5) is 0 Å². The minimum Gasteiger partial charge on any atom is -0.476 e. The van der Waals surface area contributed by atoms with Gasteiger partial charge in [0.25, 0.3) is 0 Å². The Kier molecular flexibility index (Phi) is 10.5. The molecule has 0 aromatic heterocycles. The molecule has 0 fully saturated rings. The summed E-state index contributed by atoms with van der Waals surface area (Å²) in [5.41, 5.74) is -1.54. The summed E-state index contributed by atoms with van der Waals surface area (Å²) in [6.45, 7) is 13.8. The molecule has 8 nitrogen and oxygen atoms in total. The molecule has 0 unspecified atom stereocenters. The highest BCUT2D eigenvalue weighted by atomic mass is 35.5. The number of rotatable bonds is 11. The molecule has 208 valence electrons. The van der Waals surface area contributed by atoms with Crippen LogP contribution in [0.3, 0.4) is 0 Å². The van der Waals surface area contributed by atoms with Gasteiger partial charge in [-0.2, -0.15) is 0 Å². The molecule has 2 aromatic carbocycles. The van der Waals surface area contributed by atoms with Gasteiger partial charge in [0.15, 0.2) is 11.4 Å². The monoisotopic (exact) mass is 547 g/mol. The van der Waals surface area contributed by atoms with E-state index >= 15 is 0 Å². The molecule has 0 heterocycles. The maximum Gasteiger partial charge on any atom is 0.349 e. The molecule has 1 N–H and O–H groups in total. The summed E-state index contributed by atoms with van der Waals surface area (Å²) in [5, 5.41) is 3.48. The van der Waals surface area contributed by atoms with Crippen LogP contribution in [0.25, 0.3) is 0 Å². The van der Waals surface area contributed by atoms with Gasteiger partial charge in [0, 0.05) is 16.1 Å². The third-order valence-electron chi connectivity index (χ3n) is 4.99. The molecule has 2 aromatic rings. The van der Waals surface area contributed by atoms with Gasteiger partial charge in [-0.15, -0.1) is 0 Å². The highest BCUT2D eigenvalue weighted by Crippen LogP contribution is 2.22. The summed E-state index contributed by atoms with van der Waals surface area (Å²) >= 11 is 5.89. The fourth-order valence-corrected chi connectivity index (χ4v) is 3.18. The van der Waals surface area contributed by atoms with E-state index < -0.39 is 34.8 Å². The number of halogens is 1. The van der Waals surface area contributed by atoms with Crippen LogP contribution in [0, 0.1) is 0 Å². The van der Waals surface area contributed by atoms with Crippen molar-refractivity contribution in [2.45, 2.75) is 78.2 Å². The number of ether oxygens (including phenoxy) is 4. The van der Waals surface area contributed by atoms with Gasteiger partial charge in [0.2, 0.25) is 0 Å². The normalized spacial score (nSPS) is 13.0. The van der Waals surface area contributed by atoms with Crippen LogP contribution in [0.5, 0.6) is 5.75 Å². The molecule has 0 saturated carbocycles. The molecule has 2 rings (SSSR count). The topological polar surface area (TPSA) is 100 Å². The van der Waals surface area contributed by atoms with E-state index in [2.05, 4.69) is 5.32 Å². The van der Waals surface area contributed by atoms with Gasteiger partial charge >= 0.3 is 11.9 Å². The lowest BCUT2D eigenvalue weighted by Gasteiger charge is -2.28. The predicted octanol–water partition coefficient (Wildman–Crippen LogP) is 5.34. The van der Waals surface area contributed by atoms with Gasteiger partial charge < -0.3 is 18.9 Å². The Morgan fingerprint density at radius 2 is 1.34 bits per heavy atom. The van der Waals surface area contributed by atoms with Gasteiger partial charge in [-0.25, -0.2) is 4.79 Å². The van der Waals surface area contributed by atoms with Crippen LogP contribution < -0.4 is 10.1 Å². The molecule has 0 aliphatic carbocycles. The van der Waals surface area contributed by atoms with E-state index in [-0.39, 0.29) is 19.1 Å². The molecular formula is C29H38ClNO7. The van der Waals surface area contributed by atoms with Gasteiger partial charge in [0.1, 0.15) is 24.0 Å². The molecule has 1 atom stereocenters. The summed E-state index contributed by atoms with van der Waals surface area (Å²) in [4.78, 5) is 38.2. The van der Waals surface area contributed by atoms with Gasteiger partial charge in [0.05, 0.1) is 12.3 Å². The molecular weight excluding hydrogens is 510 g/mol. The lowest BCUT2D eigenvalue weighted by Crippen LogP contribution is -2.48. The Bertz CT molecular complexity index is 1100. The lowest BCUT2D eigenvalue weighted by atomic mass is 10.0. The van der Waals surface area contributed by atoms with Crippen LogP contribution in [-0.4, -0.2) is 53.9 Å². The largest absolute Gasteiger partial charge is 0.476 e. The van der Waals surface area contributed by atoms with Crippen molar-refractivity contribution in [3.63, 3.8) is 0 Å². The Hall–Kier alpha value is -2.94. The van der Waals surface area contributed by atoms with Crippen molar-refractivity contribution in [1.82, 2.24) is 5.32 Å². The number of hydrogen-bond acceptors (Lipinski definition) is 8. The van der Waals surface area contributed by atoms with Crippen LogP contribution in [0.1, 0.15) is 71.3 Å². The van der Waals surface area contributed by atoms with Crippen LogP contribution in [-0.2, 0) is 23.8 Å². The van der Waals surface area contributed by atoms with Crippen molar-refractivity contribution in [1.29, 1.82) is 0 Å². The average molecular weight is 548 g/mol. The molecule has 0 saturated heterocycles. The first kappa shape index (κ1) is 31.3. The number of ketones is 1. The SMILES string of the molecule is CC(C)(C)OCN[C@@H](COC(=O)C(C)(C)Oc1ccc(C(=O)c2ccc(Cl)cc2)cc1)C(=O)OC(C)(C)C. The standard InChI is InChI=1S/C29H38ClNO7/c1-27(2,3)36-18-31-23(25(33)38-28(4,5)6)17-35-26(34)29(7,8)37-22-15-11-20(12-16-22)24(32)19-9-13-21(30)14-10-19/h9-16,23,31H,17-18H2,1-8H3/t23-/m0/s1. The smallest absolute Gasteiger partial charge is 0.349 e. The second kappa shape index (κ2) is 12.7. The molecule has 0 radical (unpaired) electrons. The van der Waals surface area contributed by atoms with E-state index in [1.54, 1.807) is 83.1 Å². The quantitative estimate of drug-likeness (QED) is 0.228. The Morgan fingerprint density at radius 1 is 0.816 bits per heavy atom. The Balaban J connectivity index is 2.02. The molecule has 0 aliphatic rings. The number of hydrogen-bond donors (Lipinski definition) is 1. The maximum absolute atomic E-state index is 12.9. The number of nitrogens with one attached hydrogen (secondary N) is 1. The summed E-state index contributed by atoms with van der Waals surface area (Å²) < 4.78 is 22.4. The van der Waals surface area contributed by atoms with E-state index in [4.69, 9.17) is 30.5 Å². The van der Waals surface area contributed by atoms with Gasteiger partial charge in [-0.05, 0) is 104 Å². The number of carbonyl (C=O) groups excluding carboxylic acids is 3. The van der Waals surface area contributed by atoms with Crippen molar-refractivity contribution in [3.05, 3.63) is 64.7 Å². The minimum atomic E-state index is -1.37. The molecule has 0 spiro atoms. The van der Waals surface area contributed by atoms with Crippen molar-refractivity contribution in [2.24, 2.45) is 0 Å². The second-order valence-electron chi connectivity index (χ2n) is 11.3. The van der Waals surface area contributed by atoms with E-state index in [1.165, 1.54) is 0 Å². The maximum atomic E-state index is 12.9. The van der Waals surface area contributed by atoms with E-state index in [0.29, 0.717) is 21.9 Å². The fraction of sp³-hybridized carbons (Fsp3) is 0.483. The molecule has 9 heteroatoms. The zero-order chi connectivity index (χ0) is 28.7. The summed E-state index contributed by atoms with van der Waals surface area (Å²) in [6, 6.07) is 12.1. The molecule has 0 amide bonds. The molecule has 0 bridgehead atoms. The van der Waals surface area contributed by atoms with E-state index in [9.17, 15) is 14.4 Å². The minimum absolute atomic E-state index is 0.0615. The Morgan fingerprint density at radius 3 is 1.84 bits per heavy atom.